The molecular weight excluding hydrogens is 709 g/mol. The lowest BCUT2D eigenvalue weighted by atomic mass is 9.98. The molecule has 5 aliphatic rings. The van der Waals surface area contributed by atoms with Gasteiger partial charge in [0.05, 0.1) is 55.5 Å². The summed E-state index contributed by atoms with van der Waals surface area (Å²) in [5.41, 5.74) is 9.28. The standard InChI is InChI=1S/C44H26N6O6/c51-49(52)33-9-17-37(18-10-33)55-35-13-1-27(2-14-35)43-39-21-5-29(45-39)25-31-7-23-41(47-31)44(42-24-8-32(48-42)26-30-6-22-40(43)46-30)28-3-15-36(16-4-28)56-38-19-11-34(12-20-38)50(53)54/h1-26H. The van der Waals surface area contributed by atoms with Gasteiger partial charge in [0.15, 0.2) is 0 Å². The summed E-state index contributed by atoms with van der Waals surface area (Å²) in [6.07, 6.45) is 19.5. The number of hydrogen-bond donors (Lipinski definition) is 0. The predicted octanol–water partition coefficient (Wildman–Crippen LogP) is 10.0. The summed E-state index contributed by atoms with van der Waals surface area (Å²) in [6.45, 7) is 0. The molecule has 0 saturated heterocycles. The zero-order valence-electron chi connectivity index (χ0n) is 29.1. The molecule has 0 amide bonds. The van der Waals surface area contributed by atoms with Crippen molar-refractivity contribution in [1.29, 1.82) is 0 Å². The highest BCUT2D eigenvalue weighted by atomic mass is 16.6. The zero-order chi connectivity index (χ0) is 38.2. The number of ether oxygens (including phenoxy) is 2. The maximum atomic E-state index is 11.0. The Morgan fingerprint density at radius 2 is 0.768 bits per heavy atom. The van der Waals surface area contributed by atoms with Crippen molar-refractivity contribution in [2.45, 2.75) is 0 Å². The Bertz CT molecular complexity index is 2550. The van der Waals surface area contributed by atoms with Gasteiger partial charge in [0.1, 0.15) is 23.0 Å². The summed E-state index contributed by atoms with van der Waals surface area (Å²) in [4.78, 5) is 41.1. The summed E-state index contributed by atoms with van der Waals surface area (Å²) in [7, 11) is 0. The van der Waals surface area contributed by atoms with Crippen LogP contribution in [0.25, 0.3) is 11.1 Å². The van der Waals surface area contributed by atoms with Gasteiger partial charge in [-0.2, -0.15) is 0 Å². The zero-order valence-corrected chi connectivity index (χ0v) is 29.1. The predicted molar refractivity (Wildman–Crippen MR) is 216 cm³/mol. The van der Waals surface area contributed by atoms with Gasteiger partial charge in [0.25, 0.3) is 11.4 Å². The molecule has 8 bridgehead atoms. The molecule has 56 heavy (non-hydrogen) atoms. The quantitative estimate of drug-likeness (QED) is 0.130. The lowest BCUT2D eigenvalue weighted by molar-refractivity contribution is -0.385. The third-order valence-corrected chi connectivity index (χ3v) is 9.11. The monoisotopic (exact) mass is 734 g/mol. The number of hydrogen-bond acceptors (Lipinski definition) is 10. The summed E-state index contributed by atoms with van der Waals surface area (Å²) in [5.74, 6) is 2.12. The number of non-ortho nitro benzene ring substituents is 2. The molecule has 0 aliphatic carbocycles. The van der Waals surface area contributed by atoms with Gasteiger partial charge in [0.2, 0.25) is 0 Å². The molecule has 0 aromatic heterocycles. The van der Waals surface area contributed by atoms with Gasteiger partial charge in [-0.3, -0.25) is 20.2 Å². The highest BCUT2D eigenvalue weighted by Gasteiger charge is 2.22. The number of nitro benzene ring substituents is 2. The molecule has 0 spiro atoms. The minimum atomic E-state index is -0.449. The van der Waals surface area contributed by atoms with Crippen LogP contribution in [0.15, 0.2) is 201 Å². The maximum Gasteiger partial charge on any atom is 0.269 e. The molecule has 0 N–H and O–H groups in total. The van der Waals surface area contributed by atoms with Crippen molar-refractivity contribution >= 4 is 45.4 Å². The molecule has 0 radical (unpaired) electrons. The van der Waals surface area contributed by atoms with Crippen LogP contribution in [0.5, 0.6) is 23.0 Å². The normalized spacial score (nSPS) is 16.4. The van der Waals surface area contributed by atoms with E-state index in [1.54, 1.807) is 24.3 Å². The Hall–Kier alpha value is -8.12. The second-order valence-electron chi connectivity index (χ2n) is 12.8. The van der Waals surface area contributed by atoms with E-state index in [2.05, 4.69) is 0 Å². The SMILES string of the molecule is O=[N+]([O-])c1ccc(Oc2ccc(C3=C4C=CC(=N4)C=C4C=CC(=N4)C(c4ccc(Oc5ccc([N+](=O)[O-])cc5)cc4)=C4C=CC(=N4)C=C4C=CC3=N4)cc2)cc1. The van der Waals surface area contributed by atoms with Crippen LogP contribution in [-0.2, 0) is 0 Å². The summed E-state index contributed by atoms with van der Waals surface area (Å²) >= 11 is 0. The molecule has 4 aromatic rings. The summed E-state index contributed by atoms with van der Waals surface area (Å²) < 4.78 is 11.9. The second kappa shape index (κ2) is 14.0. The first kappa shape index (κ1) is 33.7. The van der Waals surface area contributed by atoms with Crippen LogP contribution < -0.4 is 9.47 Å². The van der Waals surface area contributed by atoms with Gasteiger partial charge in [-0.05, 0) is 120 Å². The summed E-state index contributed by atoms with van der Waals surface area (Å²) in [6, 6.07) is 27.0. The van der Waals surface area contributed by atoms with Crippen molar-refractivity contribution in [2.75, 3.05) is 0 Å². The van der Waals surface area contributed by atoms with Crippen molar-refractivity contribution in [1.82, 2.24) is 0 Å². The van der Waals surface area contributed by atoms with Crippen LogP contribution in [0.4, 0.5) is 11.4 Å². The van der Waals surface area contributed by atoms with E-state index in [9.17, 15) is 20.2 Å². The maximum absolute atomic E-state index is 11.0. The van der Waals surface area contributed by atoms with Crippen LogP contribution >= 0.6 is 0 Å². The average molecular weight is 735 g/mol. The van der Waals surface area contributed by atoms with Crippen molar-refractivity contribution in [2.24, 2.45) is 20.0 Å². The Labute approximate surface area is 318 Å². The molecule has 0 unspecified atom stereocenters. The molecule has 0 fully saturated rings. The smallest absolute Gasteiger partial charge is 0.269 e. The van der Waals surface area contributed by atoms with E-state index in [1.807, 2.05) is 109 Å². The van der Waals surface area contributed by atoms with E-state index in [0.29, 0.717) is 23.0 Å². The van der Waals surface area contributed by atoms with Crippen molar-refractivity contribution < 1.29 is 19.3 Å². The van der Waals surface area contributed by atoms with Gasteiger partial charge in [-0.1, -0.05) is 24.3 Å². The molecule has 268 valence electrons. The topological polar surface area (TPSA) is 154 Å². The number of rotatable bonds is 8. The van der Waals surface area contributed by atoms with Crippen LogP contribution in [0.3, 0.4) is 0 Å². The first-order chi connectivity index (χ1) is 27.3. The number of allylic oxidation sites excluding steroid dienone is 12. The Balaban J connectivity index is 1.04. The summed E-state index contributed by atoms with van der Waals surface area (Å²) in [5, 5.41) is 22.1. The fourth-order valence-electron chi connectivity index (χ4n) is 6.47. The molecule has 9 rings (SSSR count). The highest BCUT2D eigenvalue weighted by Crippen LogP contribution is 2.35. The molecule has 5 heterocycles. The lowest BCUT2D eigenvalue weighted by Gasteiger charge is -2.11. The minimum Gasteiger partial charge on any atom is -0.457 e. The molecule has 0 saturated carbocycles. The molecule has 12 nitrogen and oxygen atoms in total. The van der Waals surface area contributed by atoms with E-state index < -0.39 is 9.85 Å². The highest BCUT2D eigenvalue weighted by molar-refractivity contribution is 6.34. The first-order valence-electron chi connectivity index (χ1n) is 17.4. The third-order valence-electron chi connectivity index (χ3n) is 9.11. The second-order valence-corrected chi connectivity index (χ2v) is 12.8. The largest absolute Gasteiger partial charge is 0.457 e. The number of fused-ring (bicyclic) bond motifs is 4. The Kier molecular flexibility index (Phi) is 8.44. The molecule has 0 atom stereocenters. The van der Waals surface area contributed by atoms with Gasteiger partial charge >= 0.3 is 0 Å². The average Bonchev–Trinajstić information content (AvgIpc) is 4.04. The first-order valence-corrected chi connectivity index (χ1v) is 17.4. The molecule has 12 heteroatoms. The van der Waals surface area contributed by atoms with E-state index in [0.717, 1.165) is 67.9 Å². The van der Waals surface area contributed by atoms with E-state index in [1.165, 1.54) is 24.3 Å². The van der Waals surface area contributed by atoms with Crippen LogP contribution in [-0.4, -0.2) is 32.7 Å². The third kappa shape index (κ3) is 6.88. The van der Waals surface area contributed by atoms with Gasteiger partial charge in [-0.25, -0.2) is 20.0 Å². The van der Waals surface area contributed by atoms with Gasteiger partial charge < -0.3 is 9.47 Å². The number of aliphatic imine (C=N–C) groups is 4. The Morgan fingerprint density at radius 3 is 1.12 bits per heavy atom. The van der Waals surface area contributed by atoms with Gasteiger partial charge in [-0.15, -0.1) is 0 Å². The van der Waals surface area contributed by atoms with Crippen molar-refractivity contribution in [3.63, 3.8) is 0 Å². The van der Waals surface area contributed by atoms with E-state index >= 15 is 0 Å². The van der Waals surface area contributed by atoms with Crippen LogP contribution in [0, 0.1) is 20.2 Å². The van der Waals surface area contributed by atoms with Crippen molar-refractivity contribution in [3.05, 3.63) is 212 Å². The Morgan fingerprint density at radius 1 is 0.411 bits per heavy atom. The van der Waals surface area contributed by atoms with Crippen LogP contribution in [0.1, 0.15) is 11.1 Å². The molecular formula is C44H26N6O6. The minimum absolute atomic E-state index is 0.00758. The van der Waals surface area contributed by atoms with Gasteiger partial charge in [0, 0.05) is 35.4 Å². The molecule has 4 aromatic carbocycles. The van der Waals surface area contributed by atoms with Crippen molar-refractivity contribution in [3.8, 4) is 23.0 Å². The number of nitro groups is 2. The number of benzene rings is 4. The fourth-order valence-corrected chi connectivity index (χ4v) is 6.47. The molecule has 5 aliphatic heterocycles. The van der Waals surface area contributed by atoms with Crippen LogP contribution in [0.2, 0.25) is 0 Å². The van der Waals surface area contributed by atoms with E-state index in [-0.39, 0.29) is 11.4 Å². The fraction of sp³-hybridized carbons (Fsp3) is 0. The number of nitrogens with zero attached hydrogens (tertiary/aromatic N) is 6. The van der Waals surface area contributed by atoms with E-state index in [4.69, 9.17) is 29.4 Å². The lowest BCUT2D eigenvalue weighted by Crippen LogP contribution is -2.00.